The number of carbonyl (C=O) groups excluding carboxylic acids is 1. The number of thioether (sulfide) groups is 1. The number of hydrogen-bond donors (Lipinski definition) is 1. The van der Waals surface area contributed by atoms with E-state index in [1.165, 1.54) is 21.2 Å². The Morgan fingerprint density at radius 2 is 1.93 bits per heavy atom. The van der Waals surface area contributed by atoms with E-state index in [1.807, 2.05) is 30.3 Å². The van der Waals surface area contributed by atoms with Gasteiger partial charge in [-0.2, -0.15) is 5.26 Å². The number of ether oxygens (including phenoxy) is 1. The molecule has 0 saturated carbocycles. The van der Waals surface area contributed by atoms with Crippen LogP contribution in [-0.4, -0.2) is 33.9 Å². The fourth-order valence-electron chi connectivity index (χ4n) is 3.05. The molecule has 2 heterocycles. The highest BCUT2D eigenvalue weighted by Crippen LogP contribution is 2.34. The molecule has 1 aromatic heterocycles. The molecule has 3 rings (SSSR count). The number of likely N-dealkylation sites (N-methyl/N-ethyl adjacent to an activating group) is 1. The Kier molecular flexibility index (Phi) is 6.29. The molecule has 0 radical (unpaired) electrons. The van der Waals surface area contributed by atoms with Crippen molar-refractivity contribution in [1.82, 2.24) is 9.47 Å². The maximum absolute atomic E-state index is 12.7. The van der Waals surface area contributed by atoms with Gasteiger partial charge in [-0.1, -0.05) is 36.1 Å². The molecule has 1 N–H and O–H groups in total. The van der Waals surface area contributed by atoms with Gasteiger partial charge in [0.15, 0.2) is 0 Å². The third-order valence-corrected chi connectivity index (χ3v) is 6.37. The number of nitrogens with one attached hydrogen (secondary N) is 1. The van der Waals surface area contributed by atoms with E-state index in [4.69, 9.17) is 17.0 Å². The molecular weight excluding hydrogens is 420 g/mol. The number of rotatable bonds is 5. The van der Waals surface area contributed by atoms with E-state index in [0.717, 1.165) is 11.3 Å². The van der Waals surface area contributed by atoms with Gasteiger partial charge in [-0.05, 0) is 36.3 Å². The van der Waals surface area contributed by atoms with Crippen LogP contribution < -0.4 is 15.6 Å². The van der Waals surface area contributed by atoms with Crippen LogP contribution in [0.25, 0.3) is 6.08 Å². The second kappa shape index (κ2) is 8.73. The minimum absolute atomic E-state index is 0.0470. The summed E-state index contributed by atoms with van der Waals surface area (Å²) < 4.78 is 7.03. The summed E-state index contributed by atoms with van der Waals surface area (Å²) in [4.78, 5) is 27.0. The average Bonchev–Trinajstić information content (AvgIpc) is 2.99. The Bertz CT molecular complexity index is 1160. The lowest BCUT2D eigenvalue weighted by molar-refractivity contribution is -0.121. The van der Waals surface area contributed by atoms with Crippen LogP contribution in [0.5, 0.6) is 5.75 Å². The lowest BCUT2D eigenvalue weighted by Crippen LogP contribution is -2.26. The Labute approximate surface area is 183 Å². The first-order valence-electron chi connectivity index (χ1n) is 9.00. The van der Waals surface area contributed by atoms with Gasteiger partial charge in [0, 0.05) is 26.2 Å². The summed E-state index contributed by atoms with van der Waals surface area (Å²) in [5.41, 5.74) is 1.75. The number of anilines is 1. The van der Waals surface area contributed by atoms with Crippen LogP contribution in [0, 0.1) is 18.3 Å². The van der Waals surface area contributed by atoms with Crippen LogP contribution in [0.4, 0.5) is 5.82 Å². The van der Waals surface area contributed by atoms with Gasteiger partial charge in [-0.3, -0.25) is 19.1 Å². The molecule has 0 unspecified atom stereocenters. The monoisotopic (exact) mass is 440 g/mol. The number of nitrogens with zero attached hydrogens (tertiary/aromatic N) is 3. The minimum atomic E-state index is -0.396. The molecule has 0 aliphatic carbocycles. The Hall–Kier alpha value is -3.09. The number of methoxy groups -OCH3 is 1. The van der Waals surface area contributed by atoms with Gasteiger partial charge >= 0.3 is 0 Å². The summed E-state index contributed by atoms with van der Waals surface area (Å²) in [6, 6.07) is 9.53. The van der Waals surface area contributed by atoms with Crippen molar-refractivity contribution in [1.29, 1.82) is 5.26 Å². The van der Waals surface area contributed by atoms with Crippen molar-refractivity contribution in [2.75, 3.05) is 19.5 Å². The van der Waals surface area contributed by atoms with Gasteiger partial charge in [0.05, 0.1) is 12.0 Å². The van der Waals surface area contributed by atoms with Crippen molar-refractivity contribution >= 4 is 46.1 Å². The zero-order chi connectivity index (χ0) is 22.0. The predicted molar refractivity (Wildman–Crippen MR) is 122 cm³/mol. The zero-order valence-electron chi connectivity index (χ0n) is 17.0. The van der Waals surface area contributed by atoms with Crippen molar-refractivity contribution < 1.29 is 9.53 Å². The summed E-state index contributed by atoms with van der Waals surface area (Å²) in [5.74, 6) is 1.06. The van der Waals surface area contributed by atoms with E-state index in [2.05, 4.69) is 5.32 Å². The highest BCUT2D eigenvalue weighted by atomic mass is 32.2. The number of nitriles is 1. The molecule has 2 aromatic rings. The Morgan fingerprint density at radius 3 is 2.47 bits per heavy atom. The zero-order valence-corrected chi connectivity index (χ0v) is 18.6. The molecule has 1 aliphatic rings. The number of aromatic nitrogens is 1. The Balaban J connectivity index is 2.07. The SMILES string of the molecule is COc1ccc(CNc2c(/C=C3/SC(=S)N(C)C3=O)c(C)c(C#N)c(=O)n2C)cc1. The van der Waals surface area contributed by atoms with Crippen molar-refractivity contribution in [2.45, 2.75) is 13.5 Å². The van der Waals surface area contributed by atoms with Gasteiger partial charge in [-0.15, -0.1) is 0 Å². The first-order chi connectivity index (χ1) is 14.3. The average molecular weight is 441 g/mol. The molecule has 1 aliphatic heterocycles. The predicted octanol–water partition coefficient (Wildman–Crippen LogP) is 3.02. The summed E-state index contributed by atoms with van der Waals surface area (Å²) in [7, 11) is 4.82. The van der Waals surface area contributed by atoms with Gasteiger partial charge < -0.3 is 10.1 Å². The summed E-state index contributed by atoms with van der Waals surface area (Å²) >= 11 is 6.40. The molecule has 30 heavy (non-hydrogen) atoms. The number of amides is 1. The fourth-order valence-corrected chi connectivity index (χ4v) is 4.21. The fraction of sp³-hybridized carbons (Fsp3) is 0.238. The normalized spacial score (nSPS) is 14.9. The first-order valence-corrected chi connectivity index (χ1v) is 10.2. The van der Waals surface area contributed by atoms with Gasteiger partial charge in [0.2, 0.25) is 0 Å². The molecule has 7 nitrogen and oxygen atoms in total. The standard InChI is InChI=1S/C21H20N4O3S2/c1-12-15(9-17-20(27)25(3)21(29)30-17)18(24(2)19(26)16(12)10-22)23-11-13-5-7-14(28-4)8-6-13/h5-9,23H,11H2,1-4H3/b17-9+. The van der Waals surface area contributed by atoms with E-state index in [0.29, 0.717) is 32.7 Å². The van der Waals surface area contributed by atoms with E-state index in [-0.39, 0.29) is 11.5 Å². The summed E-state index contributed by atoms with van der Waals surface area (Å²) in [6.07, 6.45) is 1.69. The quantitative estimate of drug-likeness (QED) is 0.565. The Morgan fingerprint density at radius 1 is 1.27 bits per heavy atom. The third kappa shape index (κ3) is 3.97. The van der Waals surface area contributed by atoms with Crippen LogP contribution in [0.1, 0.15) is 22.3 Å². The van der Waals surface area contributed by atoms with Crippen LogP contribution in [0.15, 0.2) is 34.0 Å². The van der Waals surface area contributed by atoms with Gasteiger partial charge in [0.1, 0.15) is 27.5 Å². The molecule has 9 heteroatoms. The smallest absolute Gasteiger partial charge is 0.270 e. The lowest BCUT2D eigenvalue weighted by atomic mass is 10.0. The summed E-state index contributed by atoms with van der Waals surface area (Å²) in [6.45, 7) is 2.15. The number of hydrogen-bond acceptors (Lipinski definition) is 7. The highest BCUT2D eigenvalue weighted by Gasteiger charge is 2.29. The van der Waals surface area contributed by atoms with Crippen LogP contribution in [0.3, 0.4) is 0 Å². The van der Waals surface area contributed by atoms with Crippen molar-refractivity contribution in [3.63, 3.8) is 0 Å². The van der Waals surface area contributed by atoms with Crippen molar-refractivity contribution in [2.24, 2.45) is 7.05 Å². The summed E-state index contributed by atoms with van der Waals surface area (Å²) in [5, 5.41) is 12.8. The number of benzene rings is 1. The lowest BCUT2D eigenvalue weighted by Gasteiger charge is -2.18. The van der Waals surface area contributed by atoms with Crippen LogP contribution in [0.2, 0.25) is 0 Å². The molecule has 1 fully saturated rings. The van der Waals surface area contributed by atoms with Crippen LogP contribution >= 0.6 is 24.0 Å². The molecule has 1 saturated heterocycles. The highest BCUT2D eigenvalue weighted by molar-refractivity contribution is 8.26. The molecule has 0 bridgehead atoms. The molecule has 0 spiro atoms. The topological polar surface area (TPSA) is 87.4 Å². The second-order valence-electron chi connectivity index (χ2n) is 6.68. The number of thiocarbonyl (C=S) groups is 1. The number of carbonyl (C=O) groups is 1. The van der Waals surface area contributed by atoms with Crippen molar-refractivity contribution in [3.05, 3.63) is 61.8 Å². The van der Waals surface area contributed by atoms with E-state index >= 15 is 0 Å². The maximum Gasteiger partial charge on any atom is 0.270 e. The van der Waals surface area contributed by atoms with Crippen molar-refractivity contribution in [3.8, 4) is 11.8 Å². The number of pyridine rings is 1. The molecular formula is C21H20N4O3S2. The molecule has 1 aromatic carbocycles. The van der Waals surface area contributed by atoms with E-state index < -0.39 is 5.56 Å². The minimum Gasteiger partial charge on any atom is -0.497 e. The molecule has 1 amide bonds. The largest absolute Gasteiger partial charge is 0.497 e. The molecule has 154 valence electrons. The third-order valence-electron chi connectivity index (χ3n) is 4.88. The second-order valence-corrected chi connectivity index (χ2v) is 8.36. The molecule has 0 atom stereocenters. The van der Waals surface area contributed by atoms with E-state index in [9.17, 15) is 14.9 Å². The van der Waals surface area contributed by atoms with Crippen LogP contribution in [-0.2, 0) is 18.4 Å². The first kappa shape index (κ1) is 21.6. The van der Waals surface area contributed by atoms with Gasteiger partial charge in [0.25, 0.3) is 11.5 Å². The maximum atomic E-state index is 12.7. The van der Waals surface area contributed by atoms with Gasteiger partial charge in [-0.25, -0.2) is 0 Å². The van der Waals surface area contributed by atoms with E-state index in [1.54, 1.807) is 34.2 Å².